The van der Waals surface area contributed by atoms with Crippen molar-refractivity contribution < 1.29 is 9.47 Å². The molecule has 0 spiro atoms. The van der Waals surface area contributed by atoms with Crippen LogP contribution in [-0.2, 0) is 15.9 Å². The van der Waals surface area contributed by atoms with E-state index in [1.165, 1.54) is 5.56 Å². The van der Waals surface area contributed by atoms with E-state index in [4.69, 9.17) is 15.2 Å². The Hall–Kier alpha value is -1.06. The zero-order valence-corrected chi connectivity index (χ0v) is 8.49. The molecule has 0 radical (unpaired) electrons. The van der Waals surface area contributed by atoms with Crippen molar-refractivity contribution in [1.29, 1.82) is 0 Å². The van der Waals surface area contributed by atoms with Crippen molar-refractivity contribution >= 4 is 5.69 Å². The molecule has 2 rings (SSSR count). The first kappa shape index (κ1) is 9.49. The average Bonchev–Trinajstić information content (AvgIpc) is 2.98. The van der Waals surface area contributed by atoms with Gasteiger partial charge in [-0.1, -0.05) is 19.1 Å². The minimum Gasteiger partial charge on any atom is -0.398 e. The summed E-state index contributed by atoms with van der Waals surface area (Å²) < 4.78 is 10.4. The minimum absolute atomic E-state index is 0.0338. The number of benzene rings is 1. The molecular weight excluding hydrogens is 178 g/mol. The molecule has 1 saturated heterocycles. The Labute approximate surface area is 83.8 Å². The summed E-state index contributed by atoms with van der Waals surface area (Å²) in [5, 5.41) is 0. The van der Waals surface area contributed by atoms with Gasteiger partial charge in [-0.2, -0.15) is 0 Å². The van der Waals surface area contributed by atoms with Crippen molar-refractivity contribution in [2.45, 2.75) is 25.7 Å². The molecule has 3 nitrogen and oxygen atoms in total. The van der Waals surface area contributed by atoms with Gasteiger partial charge in [0.05, 0.1) is 0 Å². The van der Waals surface area contributed by atoms with E-state index < -0.39 is 0 Å². The summed E-state index contributed by atoms with van der Waals surface area (Å²) >= 11 is 0. The zero-order chi connectivity index (χ0) is 10.1. The molecule has 1 aromatic rings. The Kier molecular flexibility index (Phi) is 2.44. The second-order valence-electron chi connectivity index (χ2n) is 3.48. The summed E-state index contributed by atoms with van der Waals surface area (Å²) in [6.45, 7) is 2.12. The molecule has 0 saturated carbocycles. The number of methoxy groups -OCH3 is 1. The van der Waals surface area contributed by atoms with Gasteiger partial charge >= 0.3 is 0 Å². The van der Waals surface area contributed by atoms with Crippen LogP contribution in [0.2, 0.25) is 0 Å². The van der Waals surface area contributed by atoms with Gasteiger partial charge in [-0.05, 0) is 18.1 Å². The highest BCUT2D eigenvalue weighted by atomic mass is 16.8. The van der Waals surface area contributed by atoms with Gasteiger partial charge in [0.25, 0.3) is 0 Å². The Morgan fingerprint density at radius 2 is 2.29 bits per heavy atom. The van der Waals surface area contributed by atoms with E-state index in [-0.39, 0.29) is 12.4 Å². The average molecular weight is 193 g/mol. The van der Waals surface area contributed by atoms with Crippen molar-refractivity contribution in [2.24, 2.45) is 0 Å². The second-order valence-corrected chi connectivity index (χ2v) is 3.48. The number of ether oxygens (including phenoxy) is 2. The van der Waals surface area contributed by atoms with Crippen LogP contribution in [0.4, 0.5) is 5.69 Å². The quantitative estimate of drug-likeness (QED) is 0.589. The van der Waals surface area contributed by atoms with Gasteiger partial charge < -0.3 is 15.2 Å². The number of anilines is 1. The Balaban J connectivity index is 2.24. The van der Waals surface area contributed by atoms with E-state index in [9.17, 15) is 0 Å². The fourth-order valence-electron chi connectivity index (χ4n) is 1.59. The summed E-state index contributed by atoms with van der Waals surface area (Å²) in [6, 6.07) is 6.07. The lowest BCUT2D eigenvalue weighted by Crippen LogP contribution is -1.97. The molecule has 0 amide bonds. The number of nitrogens with two attached hydrogens (primary N) is 1. The first-order chi connectivity index (χ1) is 6.76. The molecule has 3 heteroatoms. The summed E-state index contributed by atoms with van der Waals surface area (Å²) in [5.41, 5.74) is 8.98. The normalized spacial score (nSPS) is 25.0. The Morgan fingerprint density at radius 3 is 2.86 bits per heavy atom. The van der Waals surface area contributed by atoms with E-state index in [0.717, 1.165) is 17.7 Å². The van der Waals surface area contributed by atoms with Crippen LogP contribution in [0.5, 0.6) is 0 Å². The maximum Gasteiger partial charge on any atom is 0.188 e. The molecule has 2 atom stereocenters. The smallest absolute Gasteiger partial charge is 0.188 e. The fraction of sp³-hybridized carbons (Fsp3) is 0.455. The first-order valence-corrected chi connectivity index (χ1v) is 4.82. The van der Waals surface area contributed by atoms with Crippen LogP contribution in [0.1, 0.15) is 24.2 Å². The highest BCUT2D eigenvalue weighted by Crippen LogP contribution is 2.41. The number of aryl methyl sites for hydroxylation is 1. The van der Waals surface area contributed by atoms with Gasteiger partial charge in [-0.3, -0.25) is 0 Å². The molecule has 0 bridgehead atoms. The van der Waals surface area contributed by atoms with E-state index in [2.05, 4.69) is 13.0 Å². The lowest BCUT2D eigenvalue weighted by Gasteiger charge is -2.04. The fourth-order valence-corrected chi connectivity index (χ4v) is 1.59. The van der Waals surface area contributed by atoms with Crippen molar-refractivity contribution in [2.75, 3.05) is 12.8 Å². The van der Waals surface area contributed by atoms with Crippen molar-refractivity contribution in [1.82, 2.24) is 0 Å². The van der Waals surface area contributed by atoms with Crippen LogP contribution in [0.3, 0.4) is 0 Å². The van der Waals surface area contributed by atoms with Gasteiger partial charge in [0.15, 0.2) is 6.29 Å². The maximum absolute atomic E-state index is 5.87. The molecule has 1 fully saturated rings. The SMILES string of the molecule is CCc1ccc(N)c(C2OC2OC)c1. The van der Waals surface area contributed by atoms with Crippen LogP contribution in [0.15, 0.2) is 18.2 Å². The van der Waals surface area contributed by atoms with Crippen LogP contribution in [-0.4, -0.2) is 13.4 Å². The summed E-state index contributed by atoms with van der Waals surface area (Å²) in [7, 11) is 1.64. The predicted octanol–water partition coefficient (Wildman–Crippen LogP) is 1.88. The van der Waals surface area contributed by atoms with E-state index in [1.807, 2.05) is 12.1 Å². The molecule has 1 aliphatic heterocycles. The van der Waals surface area contributed by atoms with Crippen molar-refractivity contribution in [3.05, 3.63) is 29.3 Å². The Bertz CT molecular complexity index is 338. The molecular formula is C11H15NO2. The molecule has 76 valence electrons. The number of rotatable bonds is 3. The number of epoxide rings is 1. The monoisotopic (exact) mass is 193 g/mol. The molecule has 1 heterocycles. The highest BCUT2D eigenvalue weighted by Gasteiger charge is 2.41. The Morgan fingerprint density at radius 1 is 1.50 bits per heavy atom. The summed E-state index contributed by atoms with van der Waals surface area (Å²) in [6.07, 6.45) is 0.938. The lowest BCUT2D eigenvalue weighted by atomic mass is 10.0. The first-order valence-electron chi connectivity index (χ1n) is 4.82. The predicted molar refractivity (Wildman–Crippen MR) is 54.9 cm³/mol. The maximum atomic E-state index is 5.87. The van der Waals surface area contributed by atoms with Gasteiger partial charge in [0.2, 0.25) is 0 Å². The molecule has 2 unspecified atom stereocenters. The van der Waals surface area contributed by atoms with Crippen LogP contribution in [0.25, 0.3) is 0 Å². The van der Waals surface area contributed by atoms with Gasteiger partial charge in [0, 0.05) is 18.4 Å². The standard InChI is InChI=1S/C11H15NO2/c1-3-7-4-5-9(12)8(6-7)10-11(13-2)14-10/h4-6,10-11H,3,12H2,1-2H3. The molecule has 2 N–H and O–H groups in total. The van der Waals surface area contributed by atoms with Gasteiger partial charge in [0.1, 0.15) is 6.10 Å². The largest absolute Gasteiger partial charge is 0.398 e. The summed E-state index contributed by atoms with van der Waals surface area (Å²) in [5.74, 6) is 0. The van der Waals surface area contributed by atoms with Crippen molar-refractivity contribution in [3.8, 4) is 0 Å². The van der Waals surface area contributed by atoms with E-state index >= 15 is 0 Å². The minimum atomic E-state index is -0.107. The topological polar surface area (TPSA) is 47.8 Å². The third kappa shape index (κ3) is 1.61. The van der Waals surface area contributed by atoms with Crippen LogP contribution >= 0.6 is 0 Å². The number of hydrogen-bond acceptors (Lipinski definition) is 3. The molecule has 14 heavy (non-hydrogen) atoms. The van der Waals surface area contributed by atoms with E-state index in [1.54, 1.807) is 7.11 Å². The third-order valence-corrected chi connectivity index (χ3v) is 2.55. The van der Waals surface area contributed by atoms with Gasteiger partial charge in [-0.25, -0.2) is 0 Å². The number of nitrogen functional groups attached to an aromatic ring is 1. The molecule has 1 aromatic carbocycles. The lowest BCUT2D eigenvalue weighted by molar-refractivity contribution is 0.0950. The summed E-state index contributed by atoms with van der Waals surface area (Å²) in [4.78, 5) is 0. The number of hydrogen-bond donors (Lipinski definition) is 1. The van der Waals surface area contributed by atoms with Crippen LogP contribution < -0.4 is 5.73 Å². The van der Waals surface area contributed by atoms with Crippen LogP contribution in [0, 0.1) is 0 Å². The molecule has 0 aromatic heterocycles. The third-order valence-electron chi connectivity index (χ3n) is 2.55. The van der Waals surface area contributed by atoms with E-state index in [0.29, 0.717) is 0 Å². The highest BCUT2D eigenvalue weighted by molar-refractivity contribution is 5.51. The second kappa shape index (κ2) is 3.59. The molecule has 1 aliphatic rings. The zero-order valence-electron chi connectivity index (χ0n) is 8.49. The van der Waals surface area contributed by atoms with Gasteiger partial charge in [-0.15, -0.1) is 0 Å². The molecule has 0 aliphatic carbocycles. The van der Waals surface area contributed by atoms with Crippen molar-refractivity contribution in [3.63, 3.8) is 0 Å².